The number of aromatic nitrogens is 1. The molecule has 1 heterocycles. The average molecular weight is 234 g/mol. The fraction of sp³-hybridized carbons (Fsp3) is 0.154. The van der Waals surface area contributed by atoms with Crippen LogP contribution in [0, 0.1) is 11.6 Å². The summed E-state index contributed by atoms with van der Waals surface area (Å²) in [7, 11) is 0. The normalized spacial score (nSPS) is 10.2. The Labute approximate surface area is 98.3 Å². The molecule has 0 fully saturated rings. The Morgan fingerprint density at radius 1 is 1.12 bits per heavy atom. The summed E-state index contributed by atoms with van der Waals surface area (Å²) >= 11 is 0. The molecule has 0 radical (unpaired) electrons. The van der Waals surface area contributed by atoms with Gasteiger partial charge in [-0.2, -0.15) is 0 Å². The molecular formula is C13H12F2N2. The van der Waals surface area contributed by atoms with Crippen molar-refractivity contribution in [3.63, 3.8) is 0 Å². The largest absolute Gasteiger partial charge is 0.367 e. The van der Waals surface area contributed by atoms with Crippen molar-refractivity contribution < 1.29 is 8.78 Å². The lowest BCUT2D eigenvalue weighted by molar-refractivity contribution is 0.622. The van der Waals surface area contributed by atoms with E-state index in [-0.39, 0.29) is 17.5 Å². The van der Waals surface area contributed by atoms with Gasteiger partial charge in [0.15, 0.2) is 11.6 Å². The predicted molar refractivity (Wildman–Crippen MR) is 62.8 cm³/mol. The first-order chi connectivity index (χ1) is 8.25. The molecule has 88 valence electrons. The van der Waals surface area contributed by atoms with Crippen molar-refractivity contribution in [2.24, 2.45) is 0 Å². The number of anilines is 1. The Kier molecular flexibility index (Phi) is 3.65. The molecule has 0 aliphatic carbocycles. The van der Waals surface area contributed by atoms with Crippen LogP contribution in [0.4, 0.5) is 14.6 Å². The van der Waals surface area contributed by atoms with Crippen molar-refractivity contribution in [1.29, 1.82) is 0 Å². The average Bonchev–Trinajstić information content (AvgIpc) is 2.32. The van der Waals surface area contributed by atoms with Gasteiger partial charge in [0.25, 0.3) is 0 Å². The SMILES string of the molecule is Fc1cccc(CCNc2ncccc2F)c1. The van der Waals surface area contributed by atoms with Crippen molar-refractivity contribution in [2.45, 2.75) is 6.42 Å². The quantitative estimate of drug-likeness (QED) is 0.879. The summed E-state index contributed by atoms with van der Waals surface area (Å²) in [6.07, 6.45) is 2.14. The Balaban J connectivity index is 1.90. The number of benzene rings is 1. The molecule has 0 spiro atoms. The van der Waals surface area contributed by atoms with E-state index in [0.717, 1.165) is 5.56 Å². The maximum atomic E-state index is 13.2. The van der Waals surface area contributed by atoms with Gasteiger partial charge in [-0.25, -0.2) is 13.8 Å². The Hall–Kier alpha value is -1.97. The number of pyridine rings is 1. The lowest BCUT2D eigenvalue weighted by atomic mass is 10.1. The van der Waals surface area contributed by atoms with E-state index in [2.05, 4.69) is 10.3 Å². The van der Waals surface area contributed by atoms with Crippen LogP contribution in [-0.2, 0) is 6.42 Å². The van der Waals surface area contributed by atoms with E-state index in [1.165, 1.54) is 30.5 Å². The number of halogens is 2. The molecule has 0 saturated carbocycles. The van der Waals surface area contributed by atoms with Crippen LogP contribution < -0.4 is 5.32 Å². The third kappa shape index (κ3) is 3.24. The summed E-state index contributed by atoms with van der Waals surface area (Å²) in [5.74, 6) is -0.415. The van der Waals surface area contributed by atoms with Gasteiger partial charge in [0.05, 0.1) is 0 Å². The fourth-order valence-electron chi connectivity index (χ4n) is 1.53. The maximum absolute atomic E-state index is 13.2. The molecule has 0 atom stereocenters. The van der Waals surface area contributed by atoms with Gasteiger partial charge >= 0.3 is 0 Å². The van der Waals surface area contributed by atoms with Crippen LogP contribution >= 0.6 is 0 Å². The molecule has 2 aromatic rings. The van der Waals surface area contributed by atoms with Crippen LogP contribution in [0.1, 0.15) is 5.56 Å². The predicted octanol–water partition coefficient (Wildman–Crippen LogP) is 3.01. The number of hydrogen-bond acceptors (Lipinski definition) is 2. The highest BCUT2D eigenvalue weighted by Gasteiger charge is 2.01. The molecule has 0 aliphatic heterocycles. The summed E-state index contributed by atoms with van der Waals surface area (Å²) in [5, 5.41) is 2.87. The van der Waals surface area contributed by atoms with E-state index in [0.29, 0.717) is 13.0 Å². The molecule has 17 heavy (non-hydrogen) atoms. The molecule has 0 aliphatic rings. The minimum absolute atomic E-state index is 0.226. The van der Waals surface area contributed by atoms with Gasteiger partial charge in [-0.05, 0) is 36.2 Å². The molecule has 1 N–H and O–H groups in total. The Morgan fingerprint density at radius 3 is 2.76 bits per heavy atom. The second kappa shape index (κ2) is 5.39. The van der Waals surface area contributed by atoms with Gasteiger partial charge in [-0.1, -0.05) is 12.1 Å². The van der Waals surface area contributed by atoms with E-state index in [4.69, 9.17) is 0 Å². The van der Waals surface area contributed by atoms with Crippen LogP contribution in [0.15, 0.2) is 42.6 Å². The molecule has 4 heteroatoms. The van der Waals surface area contributed by atoms with Crippen molar-refractivity contribution >= 4 is 5.82 Å². The summed E-state index contributed by atoms with van der Waals surface area (Å²) in [6.45, 7) is 0.511. The Bertz CT molecular complexity index is 500. The van der Waals surface area contributed by atoms with Crippen LogP contribution in [0.25, 0.3) is 0 Å². The van der Waals surface area contributed by atoms with E-state index < -0.39 is 0 Å². The zero-order valence-corrected chi connectivity index (χ0v) is 9.16. The molecule has 1 aromatic heterocycles. The van der Waals surface area contributed by atoms with Gasteiger partial charge in [0, 0.05) is 12.7 Å². The van der Waals surface area contributed by atoms with E-state index in [9.17, 15) is 8.78 Å². The Morgan fingerprint density at radius 2 is 2.00 bits per heavy atom. The van der Waals surface area contributed by atoms with Crippen LogP contribution in [0.3, 0.4) is 0 Å². The molecule has 2 rings (SSSR count). The first-order valence-corrected chi connectivity index (χ1v) is 5.34. The van der Waals surface area contributed by atoms with Gasteiger partial charge < -0.3 is 5.32 Å². The van der Waals surface area contributed by atoms with Crippen molar-refractivity contribution in [2.75, 3.05) is 11.9 Å². The maximum Gasteiger partial charge on any atom is 0.165 e. The third-order valence-electron chi connectivity index (χ3n) is 2.35. The topological polar surface area (TPSA) is 24.9 Å². The molecular weight excluding hydrogens is 222 g/mol. The molecule has 2 nitrogen and oxygen atoms in total. The second-order valence-electron chi connectivity index (χ2n) is 3.64. The third-order valence-corrected chi connectivity index (χ3v) is 2.35. The highest BCUT2D eigenvalue weighted by atomic mass is 19.1. The number of nitrogens with one attached hydrogen (secondary N) is 1. The van der Waals surface area contributed by atoms with Crippen LogP contribution in [0.2, 0.25) is 0 Å². The zero-order valence-electron chi connectivity index (χ0n) is 9.16. The van der Waals surface area contributed by atoms with Crippen molar-refractivity contribution in [1.82, 2.24) is 4.98 Å². The van der Waals surface area contributed by atoms with Crippen LogP contribution in [0.5, 0.6) is 0 Å². The van der Waals surface area contributed by atoms with Crippen molar-refractivity contribution in [3.05, 3.63) is 59.8 Å². The van der Waals surface area contributed by atoms with Crippen LogP contribution in [-0.4, -0.2) is 11.5 Å². The summed E-state index contributed by atoms with van der Waals surface area (Å²) in [5.41, 5.74) is 0.869. The van der Waals surface area contributed by atoms with E-state index in [1.807, 2.05) is 6.07 Å². The molecule has 0 amide bonds. The highest BCUT2D eigenvalue weighted by Crippen LogP contribution is 2.09. The minimum Gasteiger partial charge on any atom is -0.367 e. The number of nitrogens with zero attached hydrogens (tertiary/aromatic N) is 1. The first kappa shape index (κ1) is 11.5. The number of hydrogen-bond donors (Lipinski definition) is 1. The lowest BCUT2D eigenvalue weighted by Gasteiger charge is -2.06. The van der Waals surface area contributed by atoms with Crippen molar-refractivity contribution in [3.8, 4) is 0 Å². The van der Waals surface area contributed by atoms with Gasteiger partial charge in [0.1, 0.15) is 5.82 Å². The zero-order chi connectivity index (χ0) is 12.1. The summed E-state index contributed by atoms with van der Waals surface area (Å²) in [6, 6.07) is 9.24. The lowest BCUT2D eigenvalue weighted by Crippen LogP contribution is -2.07. The smallest absolute Gasteiger partial charge is 0.165 e. The fourth-order valence-corrected chi connectivity index (χ4v) is 1.53. The summed E-state index contributed by atoms with van der Waals surface area (Å²) in [4.78, 5) is 3.87. The molecule has 0 unspecified atom stereocenters. The molecule has 0 saturated heterocycles. The van der Waals surface area contributed by atoms with Gasteiger partial charge in [-0.3, -0.25) is 0 Å². The monoisotopic (exact) mass is 234 g/mol. The van der Waals surface area contributed by atoms with E-state index >= 15 is 0 Å². The standard InChI is InChI=1S/C13H12F2N2/c14-11-4-1-3-10(9-11)6-8-17-13-12(15)5-2-7-16-13/h1-5,7,9H,6,8H2,(H,16,17). The minimum atomic E-state index is -0.383. The number of rotatable bonds is 4. The van der Waals surface area contributed by atoms with Gasteiger partial charge in [-0.15, -0.1) is 0 Å². The van der Waals surface area contributed by atoms with E-state index in [1.54, 1.807) is 6.07 Å². The second-order valence-corrected chi connectivity index (χ2v) is 3.64. The first-order valence-electron chi connectivity index (χ1n) is 5.34. The highest BCUT2D eigenvalue weighted by molar-refractivity contribution is 5.35. The summed E-state index contributed by atoms with van der Waals surface area (Å²) < 4.78 is 26.1. The molecule has 1 aromatic carbocycles. The molecule has 0 bridgehead atoms. The van der Waals surface area contributed by atoms with Gasteiger partial charge in [0.2, 0.25) is 0 Å².